The van der Waals surface area contributed by atoms with E-state index in [0.29, 0.717) is 12.8 Å². The molecule has 2 unspecified atom stereocenters. The molecule has 0 spiro atoms. The Morgan fingerprint density at radius 1 is 1.50 bits per heavy atom. The van der Waals surface area contributed by atoms with Crippen molar-refractivity contribution in [3.63, 3.8) is 0 Å². The van der Waals surface area contributed by atoms with Crippen molar-refractivity contribution in [1.29, 1.82) is 5.26 Å². The Morgan fingerprint density at radius 2 is 2.21 bits per heavy atom. The first-order valence-corrected chi connectivity index (χ1v) is 5.42. The Hall–Kier alpha value is -0.590. The summed E-state index contributed by atoms with van der Waals surface area (Å²) in [7, 11) is 0. The van der Waals surface area contributed by atoms with Crippen molar-refractivity contribution in [1.82, 2.24) is 5.32 Å². The summed E-state index contributed by atoms with van der Waals surface area (Å²) in [5.74, 6) is 0. The second-order valence-corrected chi connectivity index (χ2v) is 4.43. The van der Waals surface area contributed by atoms with Gasteiger partial charge in [-0.1, -0.05) is 6.92 Å². The van der Waals surface area contributed by atoms with E-state index in [1.807, 2.05) is 13.8 Å². The molecule has 2 N–H and O–H groups in total. The van der Waals surface area contributed by atoms with E-state index in [-0.39, 0.29) is 0 Å². The predicted octanol–water partition coefficient (Wildman–Crippen LogP) is 1.43. The highest BCUT2D eigenvalue weighted by Gasteiger charge is 2.45. The fourth-order valence-corrected chi connectivity index (χ4v) is 2.11. The van der Waals surface area contributed by atoms with Crippen molar-refractivity contribution >= 4 is 0 Å². The Kier molecular flexibility index (Phi) is 3.52. The molecule has 80 valence electrons. The molecule has 0 bridgehead atoms. The number of nitrogens with one attached hydrogen (secondary N) is 1. The summed E-state index contributed by atoms with van der Waals surface area (Å²) in [4.78, 5) is 0. The lowest BCUT2D eigenvalue weighted by Gasteiger charge is -2.39. The van der Waals surface area contributed by atoms with Gasteiger partial charge in [-0.25, -0.2) is 0 Å². The second-order valence-electron chi connectivity index (χ2n) is 4.43. The molecule has 1 fully saturated rings. The molecular formula is C11H20N2O. The largest absolute Gasteiger partial charge is 0.388 e. The Bertz CT molecular complexity index is 226. The van der Waals surface area contributed by atoms with E-state index in [9.17, 15) is 5.11 Å². The van der Waals surface area contributed by atoms with Crippen molar-refractivity contribution in [2.45, 2.75) is 45.1 Å². The molecule has 0 aliphatic carbocycles. The summed E-state index contributed by atoms with van der Waals surface area (Å²) < 4.78 is 0. The summed E-state index contributed by atoms with van der Waals surface area (Å²) in [6.07, 6.45) is 3.08. The predicted molar refractivity (Wildman–Crippen MR) is 55.7 cm³/mol. The van der Waals surface area contributed by atoms with E-state index in [4.69, 9.17) is 5.26 Å². The van der Waals surface area contributed by atoms with Gasteiger partial charge in [0.2, 0.25) is 0 Å². The monoisotopic (exact) mass is 196 g/mol. The number of hydrogen-bond acceptors (Lipinski definition) is 3. The van der Waals surface area contributed by atoms with Crippen molar-refractivity contribution in [3.05, 3.63) is 0 Å². The topological polar surface area (TPSA) is 56.0 Å². The van der Waals surface area contributed by atoms with Crippen LogP contribution in [0.25, 0.3) is 0 Å². The number of aliphatic hydroxyl groups is 1. The van der Waals surface area contributed by atoms with Crippen molar-refractivity contribution < 1.29 is 5.11 Å². The van der Waals surface area contributed by atoms with Gasteiger partial charge in [-0.15, -0.1) is 0 Å². The van der Waals surface area contributed by atoms with Crippen LogP contribution in [0.5, 0.6) is 0 Å². The minimum absolute atomic E-state index is 0.598. The molecule has 0 aromatic heterocycles. The van der Waals surface area contributed by atoms with Crippen LogP contribution in [0.3, 0.4) is 0 Å². The third kappa shape index (κ3) is 1.92. The molecule has 0 amide bonds. The van der Waals surface area contributed by atoms with E-state index in [2.05, 4.69) is 11.4 Å². The lowest BCUT2D eigenvalue weighted by Crippen LogP contribution is -2.46. The molecule has 0 aromatic rings. The summed E-state index contributed by atoms with van der Waals surface area (Å²) in [5, 5.41) is 22.9. The highest BCUT2D eigenvalue weighted by molar-refractivity contribution is 5.09. The molecule has 1 saturated heterocycles. The van der Waals surface area contributed by atoms with E-state index in [1.54, 1.807) is 0 Å². The third-order valence-electron chi connectivity index (χ3n) is 3.64. The first-order valence-electron chi connectivity index (χ1n) is 5.42. The van der Waals surface area contributed by atoms with Crippen LogP contribution >= 0.6 is 0 Å². The Morgan fingerprint density at radius 3 is 2.79 bits per heavy atom. The summed E-state index contributed by atoms with van der Waals surface area (Å²) >= 11 is 0. The highest BCUT2D eigenvalue weighted by Crippen LogP contribution is 2.40. The lowest BCUT2D eigenvalue weighted by molar-refractivity contribution is -0.0584. The van der Waals surface area contributed by atoms with Gasteiger partial charge in [0.1, 0.15) is 0 Å². The van der Waals surface area contributed by atoms with Crippen LogP contribution in [-0.2, 0) is 0 Å². The SMILES string of the molecule is CCC(C)(C#N)C1(O)CCCNCC1. The van der Waals surface area contributed by atoms with Crippen LogP contribution in [0.15, 0.2) is 0 Å². The first kappa shape index (κ1) is 11.5. The van der Waals surface area contributed by atoms with E-state index >= 15 is 0 Å². The molecule has 2 atom stereocenters. The zero-order chi connectivity index (χ0) is 10.7. The number of nitrogens with zero attached hydrogens (tertiary/aromatic N) is 1. The summed E-state index contributed by atoms with van der Waals surface area (Å²) in [6, 6.07) is 2.29. The van der Waals surface area contributed by atoms with Gasteiger partial charge in [0, 0.05) is 0 Å². The maximum atomic E-state index is 10.5. The number of hydrogen-bond donors (Lipinski definition) is 2. The molecule has 1 aliphatic rings. The van der Waals surface area contributed by atoms with Crippen molar-refractivity contribution in [2.24, 2.45) is 5.41 Å². The van der Waals surface area contributed by atoms with Gasteiger partial charge in [0.15, 0.2) is 0 Å². The third-order valence-corrected chi connectivity index (χ3v) is 3.64. The van der Waals surface area contributed by atoms with Crippen LogP contribution < -0.4 is 5.32 Å². The molecule has 0 aromatic carbocycles. The van der Waals surface area contributed by atoms with E-state index < -0.39 is 11.0 Å². The summed E-state index contributed by atoms with van der Waals surface area (Å²) in [5.41, 5.74) is -1.40. The van der Waals surface area contributed by atoms with Gasteiger partial charge in [-0.3, -0.25) is 0 Å². The highest BCUT2D eigenvalue weighted by atomic mass is 16.3. The zero-order valence-corrected chi connectivity index (χ0v) is 9.14. The second kappa shape index (κ2) is 4.29. The summed E-state index contributed by atoms with van der Waals surface area (Å²) in [6.45, 7) is 5.61. The normalized spacial score (nSPS) is 32.7. The minimum atomic E-state index is -0.806. The van der Waals surface area contributed by atoms with Crippen molar-refractivity contribution in [2.75, 3.05) is 13.1 Å². The molecule has 1 heterocycles. The minimum Gasteiger partial charge on any atom is -0.388 e. The lowest BCUT2D eigenvalue weighted by atomic mass is 9.69. The smallest absolute Gasteiger partial charge is 0.0843 e. The van der Waals surface area contributed by atoms with Gasteiger partial charge in [-0.05, 0) is 45.7 Å². The van der Waals surface area contributed by atoms with Crippen LogP contribution in [0.2, 0.25) is 0 Å². The quantitative estimate of drug-likeness (QED) is 0.702. The number of nitriles is 1. The van der Waals surface area contributed by atoms with Gasteiger partial charge >= 0.3 is 0 Å². The first-order chi connectivity index (χ1) is 6.58. The van der Waals surface area contributed by atoms with Crippen LogP contribution in [-0.4, -0.2) is 23.8 Å². The molecule has 0 radical (unpaired) electrons. The van der Waals surface area contributed by atoms with Crippen molar-refractivity contribution in [3.8, 4) is 6.07 Å². The standard InChI is InChI=1S/C11H20N2O/c1-3-10(2,9-12)11(14)5-4-7-13-8-6-11/h13-14H,3-8H2,1-2H3. The molecule has 1 aliphatic heterocycles. The molecular weight excluding hydrogens is 176 g/mol. The van der Waals surface area contributed by atoms with Crippen LogP contribution in [0.1, 0.15) is 39.5 Å². The van der Waals surface area contributed by atoms with E-state index in [1.165, 1.54) is 0 Å². The van der Waals surface area contributed by atoms with Gasteiger partial charge in [0.05, 0.1) is 17.1 Å². The van der Waals surface area contributed by atoms with Gasteiger partial charge in [-0.2, -0.15) is 5.26 Å². The Labute approximate surface area is 86.1 Å². The molecule has 14 heavy (non-hydrogen) atoms. The molecule has 3 heteroatoms. The average molecular weight is 196 g/mol. The average Bonchev–Trinajstić information content (AvgIpc) is 2.43. The van der Waals surface area contributed by atoms with E-state index in [0.717, 1.165) is 25.9 Å². The Balaban J connectivity index is 2.85. The maximum absolute atomic E-state index is 10.5. The molecule has 3 nitrogen and oxygen atoms in total. The molecule has 1 rings (SSSR count). The van der Waals surface area contributed by atoms with Gasteiger partial charge < -0.3 is 10.4 Å². The van der Waals surface area contributed by atoms with Crippen LogP contribution in [0, 0.1) is 16.7 Å². The fourth-order valence-electron chi connectivity index (χ4n) is 2.11. The number of rotatable bonds is 2. The van der Waals surface area contributed by atoms with Gasteiger partial charge in [0.25, 0.3) is 0 Å². The molecule has 0 saturated carbocycles. The van der Waals surface area contributed by atoms with Crippen LogP contribution in [0.4, 0.5) is 0 Å². The fraction of sp³-hybridized carbons (Fsp3) is 0.909. The maximum Gasteiger partial charge on any atom is 0.0843 e. The zero-order valence-electron chi connectivity index (χ0n) is 9.14.